The zero-order valence-corrected chi connectivity index (χ0v) is 16.4. The van der Waals surface area contributed by atoms with Gasteiger partial charge in [-0.2, -0.15) is 0 Å². The number of hydrogen-bond acceptors (Lipinski definition) is 5. The Labute approximate surface area is 165 Å². The molecule has 7 heteroatoms. The van der Waals surface area contributed by atoms with E-state index in [1.165, 1.54) is 0 Å². The molecule has 0 bridgehead atoms. The first kappa shape index (κ1) is 19.1. The molecule has 28 heavy (non-hydrogen) atoms. The Balaban J connectivity index is 1.48. The lowest BCUT2D eigenvalue weighted by Gasteiger charge is -2.43. The average Bonchev–Trinajstić information content (AvgIpc) is 3.08. The molecule has 0 saturated carbocycles. The minimum absolute atomic E-state index is 0.0349. The van der Waals surface area contributed by atoms with Crippen molar-refractivity contribution in [2.45, 2.75) is 25.6 Å². The second-order valence-corrected chi connectivity index (χ2v) is 7.52. The van der Waals surface area contributed by atoms with E-state index in [9.17, 15) is 4.79 Å². The van der Waals surface area contributed by atoms with Gasteiger partial charge < -0.3 is 18.9 Å². The lowest BCUT2D eigenvalue weighted by atomic mass is 10.0. The third-order valence-electron chi connectivity index (χ3n) is 5.49. The highest BCUT2D eigenvalue weighted by atomic mass is 16.5. The lowest BCUT2D eigenvalue weighted by molar-refractivity contribution is -0.141. The molecule has 2 saturated heterocycles. The average molecular weight is 384 g/mol. The van der Waals surface area contributed by atoms with Crippen LogP contribution < -0.4 is 0 Å². The van der Waals surface area contributed by atoms with Gasteiger partial charge in [0.25, 0.3) is 5.91 Å². The number of benzene rings is 1. The van der Waals surface area contributed by atoms with Gasteiger partial charge in [0.2, 0.25) is 0 Å². The Hall–Kier alpha value is -2.22. The molecule has 0 unspecified atom stereocenters. The molecule has 4 rings (SSSR count). The number of imidazole rings is 1. The minimum atomic E-state index is -0.497. The van der Waals surface area contributed by atoms with Crippen LogP contribution in [0.2, 0.25) is 0 Å². The second-order valence-electron chi connectivity index (χ2n) is 7.52. The first-order valence-electron chi connectivity index (χ1n) is 9.97. The van der Waals surface area contributed by atoms with E-state index >= 15 is 0 Å². The van der Waals surface area contributed by atoms with Crippen molar-refractivity contribution in [2.75, 3.05) is 46.0 Å². The van der Waals surface area contributed by atoms with Gasteiger partial charge >= 0.3 is 0 Å². The molecule has 0 radical (unpaired) electrons. The topological polar surface area (TPSA) is 59.8 Å². The predicted molar refractivity (Wildman–Crippen MR) is 105 cm³/mol. The first-order chi connectivity index (χ1) is 13.7. The maximum absolute atomic E-state index is 13.0. The van der Waals surface area contributed by atoms with Crippen molar-refractivity contribution in [3.05, 3.63) is 54.1 Å². The minimum Gasteiger partial charge on any atom is -0.376 e. The molecule has 1 spiro atoms. The number of carbonyl (C=O) groups is 1. The summed E-state index contributed by atoms with van der Waals surface area (Å²) in [7, 11) is 0. The number of carbonyl (C=O) groups excluding carboxylic acids is 1. The van der Waals surface area contributed by atoms with Gasteiger partial charge in [-0.25, -0.2) is 4.98 Å². The van der Waals surface area contributed by atoms with E-state index in [1.807, 2.05) is 47.6 Å². The number of aromatic nitrogens is 2. The van der Waals surface area contributed by atoms with Gasteiger partial charge in [0.15, 0.2) is 0 Å². The number of ether oxygens (including phenoxy) is 2. The predicted octanol–water partition coefficient (Wildman–Crippen LogP) is 1.65. The summed E-state index contributed by atoms with van der Waals surface area (Å²) in [6.45, 7) is 8.17. The van der Waals surface area contributed by atoms with Crippen molar-refractivity contribution in [2.24, 2.45) is 0 Å². The lowest BCUT2D eigenvalue weighted by Crippen LogP contribution is -2.59. The van der Waals surface area contributed by atoms with Gasteiger partial charge in [-0.1, -0.05) is 18.2 Å². The van der Waals surface area contributed by atoms with Crippen molar-refractivity contribution in [1.29, 1.82) is 0 Å². The summed E-state index contributed by atoms with van der Waals surface area (Å²) in [6.07, 6.45) is 3.87. The van der Waals surface area contributed by atoms with E-state index in [-0.39, 0.29) is 5.91 Å². The number of morpholine rings is 1. The Morgan fingerprint density at radius 1 is 1.18 bits per heavy atom. The molecule has 2 aromatic rings. The molecule has 1 aromatic heterocycles. The van der Waals surface area contributed by atoms with Crippen LogP contribution in [0.15, 0.2) is 42.7 Å². The van der Waals surface area contributed by atoms with Crippen LogP contribution in [0.4, 0.5) is 0 Å². The number of hydrogen-bond donors (Lipinski definition) is 0. The van der Waals surface area contributed by atoms with Gasteiger partial charge in [-0.05, 0) is 19.1 Å². The number of nitrogens with zero attached hydrogens (tertiary/aromatic N) is 4. The molecule has 150 valence electrons. The van der Waals surface area contributed by atoms with Crippen LogP contribution in [-0.2, 0) is 22.6 Å². The Morgan fingerprint density at radius 2 is 2.04 bits per heavy atom. The smallest absolute Gasteiger partial charge is 0.254 e. The molecule has 2 aliphatic rings. The Kier molecular flexibility index (Phi) is 5.75. The van der Waals surface area contributed by atoms with Crippen molar-refractivity contribution < 1.29 is 14.3 Å². The zero-order chi connectivity index (χ0) is 19.4. The molecule has 1 amide bonds. The van der Waals surface area contributed by atoms with Crippen LogP contribution in [-0.4, -0.2) is 76.9 Å². The van der Waals surface area contributed by atoms with Crippen LogP contribution in [0.1, 0.15) is 23.1 Å². The monoisotopic (exact) mass is 384 g/mol. The molecule has 2 fully saturated rings. The third kappa shape index (κ3) is 4.11. The summed E-state index contributed by atoms with van der Waals surface area (Å²) in [5.74, 6) is 1.10. The molecule has 7 nitrogen and oxygen atoms in total. The maximum atomic E-state index is 13.0. The van der Waals surface area contributed by atoms with Gasteiger partial charge in [0.1, 0.15) is 11.4 Å². The SMILES string of the molecule is CCn1ccnc1CN1CCO[C@@]2(COCCN(C(=O)c3ccccc3)C2)C1. The number of aryl methyl sites for hydroxylation is 1. The highest BCUT2D eigenvalue weighted by molar-refractivity contribution is 5.94. The quantitative estimate of drug-likeness (QED) is 0.802. The van der Waals surface area contributed by atoms with Crippen molar-refractivity contribution >= 4 is 5.91 Å². The third-order valence-corrected chi connectivity index (χ3v) is 5.49. The molecular formula is C21H28N4O3. The van der Waals surface area contributed by atoms with Crippen LogP contribution in [0, 0.1) is 0 Å². The summed E-state index contributed by atoms with van der Waals surface area (Å²) in [5, 5.41) is 0. The van der Waals surface area contributed by atoms with Crippen molar-refractivity contribution in [3.63, 3.8) is 0 Å². The van der Waals surface area contributed by atoms with E-state index in [2.05, 4.69) is 21.4 Å². The van der Waals surface area contributed by atoms with E-state index in [0.29, 0.717) is 38.5 Å². The summed E-state index contributed by atoms with van der Waals surface area (Å²) in [4.78, 5) is 21.7. The number of amides is 1. The molecule has 0 N–H and O–H groups in total. The van der Waals surface area contributed by atoms with Crippen molar-refractivity contribution in [3.8, 4) is 0 Å². The first-order valence-corrected chi connectivity index (χ1v) is 9.97. The normalized spacial score (nSPS) is 23.7. The second kappa shape index (κ2) is 8.43. The maximum Gasteiger partial charge on any atom is 0.254 e. The Morgan fingerprint density at radius 3 is 2.86 bits per heavy atom. The van der Waals surface area contributed by atoms with Crippen molar-refractivity contribution in [1.82, 2.24) is 19.4 Å². The van der Waals surface area contributed by atoms with E-state index in [4.69, 9.17) is 9.47 Å². The zero-order valence-electron chi connectivity index (χ0n) is 16.4. The molecule has 1 atom stereocenters. The van der Waals surface area contributed by atoms with Crippen LogP contribution in [0.5, 0.6) is 0 Å². The molecule has 0 aliphatic carbocycles. The van der Waals surface area contributed by atoms with Crippen LogP contribution in [0.3, 0.4) is 0 Å². The molecular weight excluding hydrogens is 356 g/mol. The van der Waals surface area contributed by atoms with Crippen LogP contribution >= 0.6 is 0 Å². The highest BCUT2D eigenvalue weighted by Crippen LogP contribution is 2.24. The molecule has 3 heterocycles. The molecule has 1 aromatic carbocycles. The van der Waals surface area contributed by atoms with Gasteiger partial charge in [0, 0.05) is 44.1 Å². The number of rotatable bonds is 4. The van der Waals surface area contributed by atoms with E-state index in [0.717, 1.165) is 32.0 Å². The molecule has 2 aliphatic heterocycles. The Bertz CT molecular complexity index is 794. The fourth-order valence-corrected chi connectivity index (χ4v) is 4.06. The van der Waals surface area contributed by atoms with E-state index < -0.39 is 5.60 Å². The van der Waals surface area contributed by atoms with Gasteiger partial charge in [-0.3, -0.25) is 9.69 Å². The summed E-state index contributed by atoms with van der Waals surface area (Å²) in [6, 6.07) is 9.43. The highest BCUT2D eigenvalue weighted by Gasteiger charge is 2.41. The fourth-order valence-electron chi connectivity index (χ4n) is 4.06. The largest absolute Gasteiger partial charge is 0.376 e. The van der Waals surface area contributed by atoms with E-state index in [1.54, 1.807) is 0 Å². The fraction of sp³-hybridized carbons (Fsp3) is 0.524. The van der Waals surface area contributed by atoms with Gasteiger partial charge in [-0.15, -0.1) is 0 Å². The standard InChI is InChI=1S/C21H28N4O3/c1-2-24-9-8-22-19(24)14-23-10-13-28-21(15-23)16-25(11-12-27-17-21)20(26)18-6-4-3-5-7-18/h3-9H,2,10-17H2,1H3/t21-/m0/s1. The summed E-state index contributed by atoms with van der Waals surface area (Å²) in [5.41, 5.74) is 0.209. The summed E-state index contributed by atoms with van der Waals surface area (Å²) < 4.78 is 14.3. The summed E-state index contributed by atoms with van der Waals surface area (Å²) >= 11 is 0. The van der Waals surface area contributed by atoms with Crippen LogP contribution in [0.25, 0.3) is 0 Å². The van der Waals surface area contributed by atoms with Gasteiger partial charge in [0.05, 0.1) is 32.9 Å².